The number of benzene rings is 1. The van der Waals surface area contributed by atoms with E-state index in [0.717, 1.165) is 15.2 Å². The van der Waals surface area contributed by atoms with E-state index in [9.17, 15) is 4.79 Å². The molecule has 0 amide bonds. The number of nitrogens with zero attached hydrogens (tertiary/aromatic N) is 2. The van der Waals surface area contributed by atoms with Crippen molar-refractivity contribution in [2.45, 2.75) is 6.92 Å². The minimum Gasteiger partial charge on any atom is -0.241 e. The van der Waals surface area contributed by atoms with E-state index in [1.54, 1.807) is 6.07 Å². The monoisotopic (exact) mass is 190 g/mol. The van der Waals surface area contributed by atoms with Crippen LogP contribution in [0.25, 0.3) is 10.2 Å². The highest BCUT2D eigenvalue weighted by atomic mass is 32.1. The molecule has 0 aliphatic rings. The molecule has 4 heteroatoms. The summed E-state index contributed by atoms with van der Waals surface area (Å²) in [7, 11) is 0. The summed E-state index contributed by atoms with van der Waals surface area (Å²) in [6.45, 7) is 1.93. The minimum atomic E-state index is 0.651. The van der Waals surface area contributed by atoms with Crippen molar-refractivity contribution in [1.29, 1.82) is 0 Å². The van der Waals surface area contributed by atoms with Crippen LogP contribution in [0.5, 0.6) is 0 Å². The molecular formula is C9H6N2OS. The molecule has 3 nitrogen and oxygen atoms in total. The van der Waals surface area contributed by atoms with E-state index in [4.69, 9.17) is 0 Å². The van der Waals surface area contributed by atoms with Crippen LogP contribution < -0.4 is 0 Å². The lowest BCUT2D eigenvalue weighted by Gasteiger charge is -1.89. The molecule has 13 heavy (non-hydrogen) atoms. The lowest BCUT2D eigenvalue weighted by Crippen LogP contribution is -1.68. The third kappa shape index (κ3) is 1.37. The highest BCUT2D eigenvalue weighted by molar-refractivity contribution is 7.19. The van der Waals surface area contributed by atoms with Crippen LogP contribution in [0.2, 0.25) is 0 Å². The Bertz CT molecular complexity index is 497. The van der Waals surface area contributed by atoms with Gasteiger partial charge < -0.3 is 0 Å². The van der Waals surface area contributed by atoms with Crippen molar-refractivity contribution >= 4 is 33.3 Å². The van der Waals surface area contributed by atoms with Crippen molar-refractivity contribution in [1.82, 2.24) is 4.98 Å². The van der Waals surface area contributed by atoms with E-state index in [2.05, 4.69) is 9.98 Å². The topological polar surface area (TPSA) is 42.3 Å². The summed E-state index contributed by atoms with van der Waals surface area (Å²) in [5.74, 6) is 0. The maximum atomic E-state index is 10.1. The molecule has 2 rings (SSSR count). The van der Waals surface area contributed by atoms with E-state index in [1.165, 1.54) is 17.4 Å². The lowest BCUT2D eigenvalue weighted by molar-refractivity contribution is 0.565. The molecule has 0 spiro atoms. The molecule has 0 aliphatic carbocycles. The second-order valence-electron chi connectivity index (χ2n) is 2.56. The quantitative estimate of drug-likeness (QED) is 0.512. The molecule has 2 aromatic rings. The first-order valence-corrected chi connectivity index (χ1v) is 4.57. The number of carbonyl (C=O) groups excluding carboxylic acids is 1. The Morgan fingerprint density at radius 2 is 2.38 bits per heavy atom. The fraction of sp³-hybridized carbons (Fsp3) is 0.111. The average Bonchev–Trinajstić information content (AvgIpc) is 2.47. The van der Waals surface area contributed by atoms with Crippen molar-refractivity contribution in [2.24, 2.45) is 4.99 Å². The zero-order valence-electron chi connectivity index (χ0n) is 6.94. The molecule has 0 saturated carbocycles. The van der Waals surface area contributed by atoms with E-state index in [0.29, 0.717) is 5.69 Å². The fourth-order valence-corrected chi connectivity index (χ4v) is 2.06. The van der Waals surface area contributed by atoms with Crippen molar-refractivity contribution in [2.75, 3.05) is 0 Å². The minimum absolute atomic E-state index is 0.651. The summed E-state index contributed by atoms with van der Waals surface area (Å²) in [5, 5.41) is 0.976. The third-order valence-electron chi connectivity index (χ3n) is 1.67. The van der Waals surface area contributed by atoms with E-state index >= 15 is 0 Å². The first-order chi connectivity index (χ1) is 6.31. The van der Waals surface area contributed by atoms with Crippen LogP contribution >= 0.6 is 11.3 Å². The van der Waals surface area contributed by atoms with E-state index < -0.39 is 0 Å². The molecule has 0 N–H and O–H groups in total. The third-order valence-corrected chi connectivity index (χ3v) is 2.68. The smallest absolute Gasteiger partial charge is 0.240 e. The predicted octanol–water partition coefficient (Wildman–Crippen LogP) is 2.57. The number of fused-ring (bicyclic) bond motifs is 1. The fourth-order valence-electron chi connectivity index (χ4n) is 1.18. The highest BCUT2D eigenvalue weighted by Crippen LogP contribution is 2.30. The number of thiazole rings is 1. The standard InChI is InChI=1S/C9H6N2OS/c1-6-11-8-4-2-3-7(10-5-12)9(8)13-6/h2-4H,1H3. The van der Waals surface area contributed by atoms with Crippen LogP contribution in [0, 0.1) is 6.92 Å². The Hall–Kier alpha value is -1.51. The number of isocyanates is 1. The summed E-state index contributed by atoms with van der Waals surface area (Å²) in [6.07, 6.45) is 1.54. The maximum Gasteiger partial charge on any atom is 0.240 e. The van der Waals surface area contributed by atoms with Gasteiger partial charge in [0.15, 0.2) is 0 Å². The van der Waals surface area contributed by atoms with Gasteiger partial charge in [-0.3, -0.25) is 0 Å². The molecule has 1 aromatic heterocycles. The van der Waals surface area contributed by atoms with Gasteiger partial charge in [-0.1, -0.05) is 6.07 Å². The average molecular weight is 190 g/mol. The van der Waals surface area contributed by atoms with Gasteiger partial charge in [0, 0.05) is 0 Å². The maximum absolute atomic E-state index is 10.1. The van der Waals surface area contributed by atoms with Crippen LogP contribution in [-0.2, 0) is 4.79 Å². The molecule has 0 radical (unpaired) electrons. The molecule has 64 valence electrons. The molecule has 1 aromatic carbocycles. The Balaban J connectivity index is 2.81. The van der Waals surface area contributed by atoms with Crippen molar-refractivity contribution in [3.05, 3.63) is 23.2 Å². The molecule has 0 bridgehead atoms. The zero-order chi connectivity index (χ0) is 9.26. The van der Waals surface area contributed by atoms with Crippen molar-refractivity contribution in [3.8, 4) is 0 Å². The second kappa shape index (κ2) is 3.09. The molecular weight excluding hydrogens is 184 g/mol. The number of hydrogen-bond donors (Lipinski definition) is 0. The van der Waals surface area contributed by atoms with Crippen LogP contribution in [0.15, 0.2) is 23.2 Å². The van der Waals surface area contributed by atoms with Crippen molar-refractivity contribution in [3.63, 3.8) is 0 Å². The number of aromatic nitrogens is 1. The first-order valence-electron chi connectivity index (χ1n) is 3.75. The highest BCUT2D eigenvalue weighted by Gasteiger charge is 2.03. The summed E-state index contributed by atoms with van der Waals surface area (Å²) >= 11 is 1.53. The predicted molar refractivity (Wildman–Crippen MR) is 52.1 cm³/mol. The first kappa shape index (κ1) is 8.10. The van der Waals surface area contributed by atoms with Crippen LogP contribution in [0.3, 0.4) is 0 Å². The molecule has 0 unspecified atom stereocenters. The zero-order valence-corrected chi connectivity index (χ0v) is 7.76. The lowest BCUT2D eigenvalue weighted by atomic mass is 10.3. The molecule has 0 atom stereocenters. The van der Waals surface area contributed by atoms with Gasteiger partial charge in [-0.2, -0.15) is 4.99 Å². The normalized spacial score (nSPS) is 9.92. The number of hydrogen-bond acceptors (Lipinski definition) is 4. The second-order valence-corrected chi connectivity index (χ2v) is 3.76. The summed E-state index contributed by atoms with van der Waals surface area (Å²) in [4.78, 5) is 18.0. The Labute approximate surface area is 78.8 Å². The molecule has 0 fully saturated rings. The summed E-state index contributed by atoms with van der Waals surface area (Å²) < 4.78 is 0.948. The van der Waals surface area contributed by atoms with Gasteiger partial charge in [0.25, 0.3) is 0 Å². The van der Waals surface area contributed by atoms with Gasteiger partial charge in [-0.25, -0.2) is 9.78 Å². The SMILES string of the molecule is Cc1nc2cccc(N=C=O)c2s1. The van der Waals surface area contributed by atoms with Crippen molar-refractivity contribution < 1.29 is 4.79 Å². The molecule has 0 saturated heterocycles. The van der Waals surface area contributed by atoms with E-state index in [1.807, 2.05) is 19.1 Å². The van der Waals surface area contributed by atoms with Crippen LogP contribution in [-0.4, -0.2) is 11.1 Å². The van der Waals surface area contributed by atoms with Gasteiger partial charge >= 0.3 is 0 Å². The largest absolute Gasteiger partial charge is 0.241 e. The molecule has 0 aliphatic heterocycles. The van der Waals surface area contributed by atoms with Gasteiger partial charge in [-0.05, 0) is 19.1 Å². The van der Waals surface area contributed by atoms with Gasteiger partial charge in [0.2, 0.25) is 6.08 Å². The van der Waals surface area contributed by atoms with E-state index in [-0.39, 0.29) is 0 Å². The van der Waals surface area contributed by atoms with Gasteiger partial charge in [0.1, 0.15) is 0 Å². The Morgan fingerprint density at radius 1 is 1.54 bits per heavy atom. The number of aryl methyl sites for hydroxylation is 1. The Morgan fingerprint density at radius 3 is 3.15 bits per heavy atom. The van der Waals surface area contributed by atoms with Gasteiger partial charge in [-0.15, -0.1) is 11.3 Å². The van der Waals surface area contributed by atoms with Gasteiger partial charge in [0.05, 0.1) is 20.9 Å². The molecule has 1 heterocycles. The Kier molecular flexibility index (Phi) is 1.93. The summed E-state index contributed by atoms with van der Waals surface area (Å²) in [5.41, 5.74) is 1.54. The number of aliphatic imine (C=N–C) groups is 1. The number of rotatable bonds is 1. The van der Waals surface area contributed by atoms with Crippen LogP contribution in [0.4, 0.5) is 5.69 Å². The van der Waals surface area contributed by atoms with Crippen LogP contribution in [0.1, 0.15) is 5.01 Å². The summed E-state index contributed by atoms with van der Waals surface area (Å²) in [6, 6.07) is 5.52.